The Morgan fingerprint density at radius 3 is 2.65 bits per heavy atom. The highest BCUT2D eigenvalue weighted by Gasteiger charge is 2.28. The van der Waals surface area contributed by atoms with Crippen LogP contribution < -0.4 is 5.48 Å². The number of nitrogens with one attached hydrogen (secondary N) is 1. The Bertz CT molecular complexity index is 422. The summed E-state index contributed by atoms with van der Waals surface area (Å²) in [7, 11) is 0. The van der Waals surface area contributed by atoms with Gasteiger partial charge >= 0.3 is 6.18 Å². The number of rotatable bonds is 3. The number of amides is 1. The minimum atomic E-state index is -4.58. The van der Waals surface area contributed by atoms with Crippen molar-refractivity contribution in [2.45, 2.75) is 6.18 Å². The Labute approximate surface area is 98.3 Å². The number of benzene rings is 1. The molecule has 1 aromatic carbocycles. The molecule has 0 radical (unpaired) electrons. The zero-order valence-corrected chi connectivity index (χ0v) is 8.90. The van der Waals surface area contributed by atoms with E-state index in [9.17, 15) is 22.4 Å². The summed E-state index contributed by atoms with van der Waals surface area (Å²) >= 11 is 5.39. The van der Waals surface area contributed by atoms with E-state index in [-0.39, 0.29) is 5.02 Å². The lowest BCUT2D eigenvalue weighted by atomic mass is 10.2. The van der Waals surface area contributed by atoms with Gasteiger partial charge in [-0.25, -0.2) is 9.87 Å². The minimum absolute atomic E-state index is 0.312. The molecule has 0 unspecified atom stereocenters. The van der Waals surface area contributed by atoms with E-state index in [1.165, 1.54) is 17.6 Å². The smallest absolute Gasteiger partial charge is 0.267 e. The van der Waals surface area contributed by atoms with Crippen LogP contribution in [0.2, 0.25) is 5.02 Å². The van der Waals surface area contributed by atoms with Crippen LogP contribution in [-0.4, -0.2) is 18.7 Å². The van der Waals surface area contributed by atoms with E-state index in [1.54, 1.807) is 0 Å². The molecule has 1 N–H and O–H groups in total. The molecule has 0 aromatic heterocycles. The Hall–Kier alpha value is -1.34. The molecule has 1 aromatic rings. The maximum atomic E-state index is 13.2. The summed E-state index contributed by atoms with van der Waals surface area (Å²) in [6.07, 6.45) is -4.58. The van der Waals surface area contributed by atoms with Gasteiger partial charge in [0.2, 0.25) is 0 Å². The van der Waals surface area contributed by atoms with E-state index in [0.29, 0.717) is 0 Å². The summed E-state index contributed by atoms with van der Waals surface area (Å²) in [5.41, 5.74) is 0.966. The van der Waals surface area contributed by atoms with Crippen molar-refractivity contribution in [1.82, 2.24) is 5.48 Å². The molecule has 3 nitrogen and oxygen atoms in total. The number of halogens is 5. The maximum Gasteiger partial charge on any atom is 0.414 e. The Kier molecular flexibility index (Phi) is 4.30. The van der Waals surface area contributed by atoms with E-state index in [4.69, 9.17) is 11.6 Å². The molecule has 17 heavy (non-hydrogen) atoms. The summed E-state index contributed by atoms with van der Waals surface area (Å²) in [4.78, 5) is 15.1. The van der Waals surface area contributed by atoms with Crippen molar-refractivity contribution in [2.24, 2.45) is 0 Å². The van der Waals surface area contributed by atoms with Gasteiger partial charge in [-0.3, -0.25) is 9.63 Å². The first-order valence-corrected chi connectivity index (χ1v) is 4.62. The molecule has 1 amide bonds. The standard InChI is InChI=1S/C9H6ClF4NO2/c10-6-3-1-2-5(7(6)11)8(16)15-17-4-9(12,13)14/h1-3H,4H2,(H,15,16). The topological polar surface area (TPSA) is 38.3 Å². The summed E-state index contributed by atoms with van der Waals surface area (Å²) in [5.74, 6) is -2.17. The third-order valence-corrected chi connectivity index (χ3v) is 1.89. The molecule has 0 aliphatic carbocycles. The third kappa shape index (κ3) is 4.20. The third-order valence-electron chi connectivity index (χ3n) is 1.60. The second-order valence-corrected chi connectivity index (χ2v) is 3.34. The van der Waals surface area contributed by atoms with Crippen molar-refractivity contribution >= 4 is 17.5 Å². The zero-order chi connectivity index (χ0) is 13.1. The van der Waals surface area contributed by atoms with Gasteiger partial charge in [0, 0.05) is 0 Å². The van der Waals surface area contributed by atoms with Crippen LogP contribution in [0.3, 0.4) is 0 Å². The van der Waals surface area contributed by atoms with Crippen molar-refractivity contribution in [2.75, 3.05) is 6.61 Å². The second-order valence-electron chi connectivity index (χ2n) is 2.94. The van der Waals surface area contributed by atoms with E-state index in [0.717, 1.165) is 6.07 Å². The Morgan fingerprint density at radius 1 is 1.41 bits per heavy atom. The number of hydroxylamine groups is 1. The van der Waals surface area contributed by atoms with Crippen LogP contribution in [0.4, 0.5) is 17.6 Å². The van der Waals surface area contributed by atoms with Gasteiger partial charge in [-0.15, -0.1) is 0 Å². The molecule has 94 valence electrons. The van der Waals surface area contributed by atoms with Crippen LogP contribution in [-0.2, 0) is 4.84 Å². The van der Waals surface area contributed by atoms with E-state index in [2.05, 4.69) is 4.84 Å². The van der Waals surface area contributed by atoms with Crippen molar-refractivity contribution in [3.8, 4) is 0 Å². The predicted octanol–water partition coefficient (Wildman–Crippen LogP) is 2.70. The molecule has 0 aliphatic heterocycles. The summed E-state index contributed by atoms with van der Waals surface area (Å²) in [5, 5.41) is -0.312. The maximum absolute atomic E-state index is 13.2. The first kappa shape index (κ1) is 13.7. The Morgan fingerprint density at radius 2 is 2.06 bits per heavy atom. The Balaban J connectivity index is 2.62. The highest BCUT2D eigenvalue weighted by Crippen LogP contribution is 2.18. The van der Waals surface area contributed by atoms with E-state index < -0.39 is 30.1 Å². The fourth-order valence-electron chi connectivity index (χ4n) is 0.918. The zero-order valence-electron chi connectivity index (χ0n) is 8.15. The fraction of sp³-hybridized carbons (Fsp3) is 0.222. The normalized spacial score (nSPS) is 11.4. The average Bonchev–Trinajstić information content (AvgIpc) is 2.20. The molecule has 0 spiro atoms. The van der Waals surface area contributed by atoms with Crippen LogP contribution >= 0.6 is 11.6 Å². The first-order chi connectivity index (χ1) is 7.81. The van der Waals surface area contributed by atoms with Gasteiger partial charge in [-0.05, 0) is 12.1 Å². The molecule has 0 saturated carbocycles. The molecule has 0 heterocycles. The van der Waals surface area contributed by atoms with Gasteiger partial charge in [0.25, 0.3) is 5.91 Å². The molecule has 0 bridgehead atoms. The van der Waals surface area contributed by atoms with Crippen molar-refractivity contribution in [1.29, 1.82) is 0 Å². The van der Waals surface area contributed by atoms with Crippen LogP contribution in [0.1, 0.15) is 10.4 Å². The predicted molar refractivity (Wildman–Crippen MR) is 50.9 cm³/mol. The molecule has 0 fully saturated rings. The van der Waals surface area contributed by atoms with Gasteiger partial charge in [-0.1, -0.05) is 17.7 Å². The largest absolute Gasteiger partial charge is 0.414 e. The van der Waals surface area contributed by atoms with Gasteiger partial charge < -0.3 is 0 Å². The summed E-state index contributed by atoms with van der Waals surface area (Å²) in [6, 6.07) is 3.54. The van der Waals surface area contributed by atoms with Gasteiger partial charge in [-0.2, -0.15) is 13.2 Å². The molecule has 0 saturated heterocycles. The lowest BCUT2D eigenvalue weighted by Gasteiger charge is -2.08. The van der Waals surface area contributed by atoms with Crippen LogP contribution in [0.15, 0.2) is 18.2 Å². The number of hydrogen-bond acceptors (Lipinski definition) is 2. The molecular formula is C9H6ClF4NO2. The van der Waals surface area contributed by atoms with Crippen LogP contribution in [0.25, 0.3) is 0 Å². The molecular weight excluding hydrogens is 266 g/mol. The van der Waals surface area contributed by atoms with Crippen molar-refractivity contribution in [3.05, 3.63) is 34.6 Å². The van der Waals surface area contributed by atoms with Gasteiger partial charge in [0.15, 0.2) is 12.4 Å². The highest BCUT2D eigenvalue weighted by atomic mass is 35.5. The second kappa shape index (κ2) is 5.33. The fourth-order valence-corrected chi connectivity index (χ4v) is 1.09. The number of carbonyl (C=O) groups excluding carboxylic acids is 1. The lowest BCUT2D eigenvalue weighted by Crippen LogP contribution is -2.30. The van der Waals surface area contributed by atoms with Gasteiger partial charge in [0.1, 0.15) is 0 Å². The lowest BCUT2D eigenvalue weighted by molar-refractivity contribution is -0.184. The summed E-state index contributed by atoms with van der Waals surface area (Å²) < 4.78 is 48.3. The number of carbonyl (C=O) groups is 1. The highest BCUT2D eigenvalue weighted by molar-refractivity contribution is 6.31. The van der Waals surface area contributed by atoms with Crippen molar-refractivity contribution < 1.29 is 27.2 Å². The first-order valence-electron chi connectivity index (χ1n) is 4.24. The molecule has 8 heteroatoms. The van der Waals surface area contributed by atoms with Crippen molar-refractivity contribution in [3.63, 3.8) is 0 Å². The van der Waals surface area contributed by atoms with Crippen LogP contribution in [0.5, 0.6) is 0 Å². The van der Waals surface area contributed by atoms with Gasteiger partial charge in [0.05, 0.1) is 10.6 Å². The monoisotopic (exact) mass is 271 g/mol. The van der Waals surface area contributed by atoms with E-state index in [1.807, 2.05) is 0 Å². The molecule has 0 atom stereocenters. The number of alkyl halides is 3. The van der Waals surface area contributed by atoms with Crippen LogP contribution in [0, 0.1) is 5.82 Å². The summed E-state index contributed by atoms with van der Waals surface area (Å²) in [6.45, 7) is -1.67. The SMILES string of the molecule is O=C(NOCC(F)(F)F)c1cccc(Cl)c1F. The average molecular weight is 272 g/mol. The number of hydrogen-bond donors (Lipinski definition) is 1. The minimum Gasteiger partial charge on any atom is -0.267 e. The van der Waals surface area contributed by atoms with E-state index >= 15 is 0 Å². The molecule has 1 rings (SSSR count). The molecule has 0 aliphatic rings. The quantitative estimate of drug-likeness (QED) is 0.678.